The Hall–Kier alpha value is -1.62. The first-order chi connectivity index (χ1) is 11.5. The lowest BCUT2D eigenvalue weighted by Gasteiger charge is -2.27. The lowest BCUT2D eigenvalue weighted by Crippen LogP contribution is -2.30. The van der Waals surface area contributed by atoms with Gasteiger partial charge in [0.25, 0.3) is 0 Å². The fourth-order valence-corrected chi connectivity index (χ4v) is 2.45. The number of aromatic nitrogens is 1. The summed E-state index contributed by atoms with van der Waals surface area (Å²) in [5.41, 5.74) is 0.815. The van der Waals surface area contributed by atoms with Crippen molar-refractivity contribution in [1.82, 2.24) is 4.98 Å². The molecule has 1 aromatic heterocycles. The van der Waals surface area contributed by atoms with E-state index in [0.29, 0.717) is 24.6 Å². The Kier molecular flexibility index (Phi) is 7.03. The SMILES string of the molecule is CCCCOCCC(C)(C)OC(=O)c1cncc(NC2CCC2)c1. The summed E-state index contributed by atoms with van der Waals surface area (Å²) >= 11 is 0. The van der Waals surface area contributed by atoms with Gasteiger partial charge in [0.05, 0.1) is 17.9 Å². The minimum Gasteiger partial charge on any atom is -0.456 e. The highest BCUT2D eigenvalue weighted by atomic mass is 16.6. The number of unbranched alkanes of at least 4 members (excludes halogenated alkanes) is 1. The molecule has 0 amide bonds. The molecule has 24 heavy (non-hydrogen) atoms. The third kappa shape index (κ3) is 6.11. The van der Waals surface area contributed by atoms with Crippen LogP contribution in [0.15, 0.2) is 18.5 Å². The molecule has 1 aliphatic carbocycles. The van der Waals surface area contributed by atoms with E-state index in [2.05, 4.69) is 17.2 Å². The maximum atomic E-state index is 12.4. The second-order valence-electron chi connectivity index (χ2n) is 7.10. The van der Waals surface area contributed by atoms with E-state index in [0.717, 1.165) is 25.1 Å². The summed E-state index contributed by atoms with van der Waals surface area (Å²) in [6, 6.07) is 2.33. The summed E-state index contributed by atoms with van der Waals surface area (Å²) in [5.74, 6) is -0.335. The van der Waals surface area contributed by atoms with E-state index in [4.69, 9.17) is 9.47 Å². The highest BCUT2D eigenvalue weighted by molar-refractivity contribution is 5.90. The molecule has 0 aliphatic heterocycles. The number of carbonyl (C=O) groups excluding carboxylic acids is 1. The number of ether oxygens (including phenoxy) is 2. The van der Waals surface area contributed by atoms with Crippen molar-refractivity contribution < 1.29 is 14.3 Å². The van der Waals surface area contributed by atoms with Crippen molar-refractivity contribution >= 4 is 11.7 Å². The van der Waals surface area contributed by atoms with Crippen LogP contribution < -0.4 is 5.32 Å². The van der Waals surface area contributed by atoms with Gasteiger partial charge in [-0.15, -0.1) is 0 Å². The zero-order chi connectivity index (χ0) is 17.4. The largest absolute Gasteiger partial charge is 0.456 e. The van der Waals surface area contributed by atoms with Gasteiger partial charge in [0.1, 0.15) is 5.60 Å². The predicted molar refractivity (Wildman–Crippen MR) is 95.3 cm³/mol. The fourth-order valence-electron chi connectivity index (χ4n) is 2.45. The Labute approximate surface area is 145 Å². The Morgan fingerprint density at radius 3 is 2.79 bits per heavy atom. The molecule has 1 N–H and O–H groups in total. The molecule has 134 valence electrons. The maximum Gasteiger partial charge on any atom is 0.340 e. The summed E-state index contributed by atoms with van der Waals surface area (Å²) in [7, 11) is 0. The van der Waals surface area contributed by atoms with Crippen molar-refractivity contribution in [1.29, 1.82) is 0 Å². The Bertz CT molecular complexity index is 527. The standard InChI is InChI=1S/C19H30N2O3/c1-4-5-10-23-11-9-19(2,3)24-18(22)15-12-17(14-20-13-15)21-16-7-6-8-16/h12-14,16,21H,4-11H2,1-3H3. The van der Waals surface area contributed by atoms with Crippen LogP contribution in [0.5, 0.6) is 0 Å². The van der Waals surface area contributed by atoms with Crippen molar-refractivity contribution in [2.75, 3.05) is 18.5 Å². The van der Waals surface area contributed by atoms with Gasteiger partial charge in [0, 0.05) is 31.5 Å². The molecule has 0 radical (unpaired) electrons. The average molecular weight is 334 g/mol. The van der Waals surface area contributed by atoms with Crippen molar-refractivity contribution in [2.45, 2.75) is 70.9 Å². The summed E-state index contributed by atoms with van der Waals surface area (Å²) in [6.45, 7) is 7.33. The van der Waals surface area contributed by atoms with E-state index in [1.165, 1.54) is 19.3 Å². The molecule has 2 rings (SSSR count). The van der Waals surface area contributed by atoms with Crippen LogP contribution in [0.3, 0.4) is 0 Å². The predicted octanol–water partition coefficient (Wildman–Crippen LogP) is 4.19. The van der Waals surface area contributed by atoms with Gasteiger partial charge in [-0.25, -0.2) is 4.79 Å². The number of nitrogens with one attached hydrogen (secondary N) is 1. The van der Waals surface area contributed by atoms with Crippen molar-refractivity contribution in [3.63, 3.8) is 0 Å². The first-order valence-corrected chi connectivity index (χ1v) is 9.03. The normalized spacial score (nSPS) is 15.0. The van der Waals surface area contributed by atoms with Gasteiger partial charge in [-0.1, -0.05) is 13.3 Å². The fraction of sp³-hybridized carbons (Fsp3) is 0.684. The quantitative estimate of drug-likeness (QED) is 0.513. The molecule has 0 aromatic carbocycles. The third-order valence-corrected chi connectivity index (χ3v) is 4.31. The van der Waals surface area contributed by atoms with Crippen molar-refractivity contribution in [2.24, 2.45) is 0 Å². The molecule has 5 heteroatoms. The highest BCUT2D eigenvalue weighted by Gasteiger charge is 2.24. The smallest absolute Gasteiger partial charge is 0.340 e. The van der Waals surface area contributed by atoms with E-state index < -0.39 is 5.60 Å². The van der Waals surface area contributed by atoms with Gasteiger partial charge in [-0.2, -0.15) is 0 Å². The van der Waals surface area contributed by atoms with Crippen LogP contribution >= 0.6 is 0 Å². The maximum absolute atomic E-state index is 12.4. The molecule has 0 atom stereocenters. The molecular formula is C19H30N2O3. The topological polar surface area (TPSA) is 60.5 Å². The summed E-state index contributed by atoms with van der Waals surface area (Å²) in [4.78, 5) is 16.5. The van der Waals surface area contributed by atoms with Gasteiger partial charge in [0.15, 0.2) is 0 Å². The van der Waals surface area contributed by atoms with Crippen molar-refractivity contribution in [3.8, 4) is 0 Å². The molecule has 0 spiro atoms. The molecule has 0 bridgehead atoms. The van der Waals surface area contributed by atoms with E-state index >= 15 is 0 Å². The minimum atomic E-state index is -0.555. The van der Waals surface area contributed by atoms with Gasteiger partial charge in [-0.3, -0.25) is 4.98 Å². The molecule has 1 aliphatic rings. The van der Waals surface area contributed by atoms with Crippen LogP contribution in [0.2, 0.25) is 0 Å². The number of hydrogen-bond donors (Lipinski definition) is 1. The first-order valence-electron chi connectivity index (χ1n) is 9.03. The average Bonchev–Trinajstić information content (AvgIpc) is 2.50. The van der Waals surface area contributed by atoms with Crippen LogP contribution in [0.25, 0.3) is 0 Å². The Morgan fingerprint density at radius 2 is 2.12 bits per heavy atom. The van der Waals surface area contributed by atoms with Gasteiger partial charge in [-0.05, 0) is 45.6 Å². The second-order valence-corrected chi connectivity index (χ2v) is 7.10. The minimum absolute atomic E-state index is 0.335. The number of esters is 1. The molecule has 0 saturated heterocycles. The van der Waals surface area contributed by atoms with Crippen molar-refractivity contribution in [3.05, 3.63) is 24.0 Å². The highest BCUT2D eigenvalue weighted by Crippen LogP contribution is 2.24. The lowest BCUT2D eigenvalue weighted by molar-refractivity contribution is -0.0177. The van der Waals surface area contributed by atoms with Crippen LogP contribution in [-0.4, -0.2) is 35.8 Å². The van der Waals surface area contributed by atoms with Crippen LogP contribution in [-0.2, 0) is 9.47 Å². The zero-order valence-corrected chi connectivity index (χ0v) is 15.1. The summed E-state index contributed by atoms with van der Waals surface area (Å²) < 4.78 is 11.2. The second kappa shape index (κ2) is 9.02. The third-order valence-electron chi connectivity index (χ3n) is 4.31. The molecule has 1 saturated carbocycles. The number of hydrogen-bond acceptors (Lipinski definition) is 5. The van der Waals surface area contributed by atoms with Gasteiger partial charge < -0.3 is 14.8 Å². The number of nitrogens with zero attached hydrogens (tertiary/aromatic N) is 1. The number of rotatable bonds is 10. The van der Waals surface area contributed by atoms with Crippen LogP contribution in [0.1, 0.15) is 69.7 Å². The molecule has 1 heterocycles. The molecule has 1 aromatic rings. The van der Waals surface area contributed by atoms with E-state index in [1.54, 1.807) is 12.4 Å². The number of carbonyl (C=O) groups is 1. The lowest BCUT2D eigenvalue weighted by atomic mass is 9.93. The first kappa shape index (κ1) is 18.7. The summed E-state index contributed by atoms with van der Waals surface area (Å²) in [6.07, 6.45) is 9.80. The van der Waals surface area contributed by atoms with Crippen LogP contribution in [0.4, 0.5) is 5.69 Å². The zero-order valence-electron chi connectivity index (χ0n) is 15.1. The molecular weight excluding hydrogens is 304 g/mol. The molecule has 5 nitrogen and oxygen atoms in total. The van der Waals surface area contributed by atoms with Gasteiger partial charge in [0.2, 0.25) is 0 Å². The van der Waals surface area contributed by atoms with E-state index in [9.17, 15) is 4.79 Å². The van der Waals surface area contributed by atoms with Gasteiger partial charge >= 0.3 is 5.97 Å². The summed E-state index contributed by atoms with van der Waals surface area (Å²) in [5, 5.41) is 3.40. The van der Waals surface area contributed by atoms with E-state index in [-0.39, 0.29) is 5.97 Å². The number of pyridine rings is 1. The Morgan fingerprint density at radius 1 is 1.33 bits per heavy atom. The number of anilines is 1. The molecule has 1 fully saturated rings. The monoisotopic (exact) mass is 334 g/mol. The van der Waals surface area contributed by atoms with Crippen LogP contribution in [0, 0.1) is 0 Å². The van der Waals surface area contributed by atoms with E-state index in [1.807, 2.05) is 19.9 Å². The Balaban J connectivity index is 1.82. The molecule has 0 unspecified atom stereocenters.